The van der Waals surface area contributed by atoms with Crippen molar-refractivity contribution in [3.63, 3.8) is 0 Å². The van der Waals surface area contributed by atoms with E-state index < -0.39 is 0 Å². The first-order chi connectivity index (χ1) is 10.9. The van der Waals surface area contributed by atoms with Gasteiger partial charge in [0.15, 0.2) is 5.78 Å². The predicted molar refractivity (Wildman–Crippen MR) is 89.0 cm³/mol. The van der Waals surface area contributed by atoms with Gasteiger partial charge in [-0.2, -0.15) is 0 Å². The first-order valence-corrected chi connectivity index (χ1v) is 7.15. The van der Waals surface area contributed by atoms with Gasteiger partial charge in [-0.05, 0) is 37.1 Å². The van der Waals surface area contributed by atoms with Gasteiger partial charge in [0.25, 0.3) is 0 Å². The Balaban J connectivity index is 2.59. The molecule has 0 atom stereocenters. The second kappa shape index (κ2) is 6.91. The van der Waals surface area contributed by atoms with Crippen LogP contribution in [0.1, 0.15) is 23.9 Å². The molecule has 118 valence electrons. The van der Waals surface area contributed by atoms with Crippen LogP contribution in [0.3, 0.4) is 0 Å². The summed E-state index contributed by atoms with van der Waals surface area (Å²) in [7, 11) is 0. The van der Waals surface area contributed by atoms with Gasteiger partial charge in [-0.25, -0.2) is 9.97 Å². The normalized spacial score (nSPS) is 10.2. The molecule has 0 amide bonds. The summed E-state index contributed by atoms with van der Waals surface area (Å²) in [6.07, 6.45) is 4.15. The molecule has 0 spiro atoms. The summed E-state index contributed by atoms with van der Waals surface area (Å²) >= 11 is 0. The minimum absolute atomic E-state index is 0.101. The molecule has 2 aromatic rings. The molecule has 0 saturated carbocycles. The van der Waals surface area contributed by atoms with Crippen LogP contribution in [0, 0.1) is 19.3 Å². The van der Waals surface area contributed by atoms with Gasteiger partial charge in [-0.15, -0.1) is 0 Å². The highest BCUT2D eigenvalue weighted by Gasteiger charge is 2.16. The maximum absolute atomic E-state index is 11.6. The van der Waals surface area contributed by atoms with Crippen molar-refractivity contribution < 1.29 is 9.59 Å². The third-order valence-electron chi connectivity index (χ3n) is 3.43. The Morgan fingerprint density at radius 1 is 1.22 bits per heavy atom. The number of Topliss-reactive ketones (excluding diaryl/α,β-unsaturated/α-hetero) is 1. The van der Waals surface area contributed by atoms with Gasteiger partial charge in [0, 0.05) is 36.1 Å². The molecular formula is C17H18N4O2. The molecule has 0 aliphatic heterocycles. The zero-order valence-electron chi connectivity index (χ0n) is 13.3. The number of carbonyl (C=O) groups excluding carboxylic acids is 2. The van der Waals surface area contributed by atoms with Gasteiger partial charge in [0.2, 0.25) is 0 Å². The molecule has 1 heterocycles. The number of anilines is 1. The van der Waals surface area contributed by atoms with Crippen LogP contribution in [-0.4, -0.2) is 34.3 Å². The van der Waals surface area contributed by atoms with E-state index in [2.05, 4.69) is 15.3 Å². The Kier molecular flexibility index (Phi) is 4.95. The Morgan fingerprint density at radius 2 is 1.87 bits per heavy atom. The fourth-order valence-corrected chi connectivity index (χ4v) is 2.26. The first-order valence-electron chi connectivity index (χ1n) is 7.15. The second-order valence-corrected chi connectivity index (χ2v) is 5.21. The molecule has 23 heavy (non-hydrogen) atoms. The smallest absolute Gasteiger partial charge is 0.178 e. The maximum Gasteiger partial charge on any atom is 0.178 e. The maximum atomic E-state index is 11.6. The SMILES string of the molecule is CC(=O)C(=N)c1cc(-c2cnc(C)nc2)cc(C)c1NCC=O. The largest absolute Gasteiger partial charge is 0.377 e. The van der Waals surface area contributed by atoms with Crippen molar-refractivity contribution >= 4 is 23.5 Å². The molecule has 2 rings (SSSR count). The number of aldehydes is 1. The summed E-state index contributed by atoms with van der Waals surface area (Å²) in [5.41, 5.74) is 3.45. The summed E-state index contributed by atoms with van der Waals surface area (Å²) in [5, 5.41) is 11.0. The summed E-state index contributed by atoms with van der Waals surface area (Å²) < 4.78 is 0. The Labute approximate surface area is 134 Å². The van der Waals surface area contributed by atoms with Gasteiger partial charge in [0.05, 0.1) is 6.54 Å². The zero-order valence-corrected chi connectivity index (χ0v) is 13.3. The van der Waals surface area contributed by atoms with Crippen LogP contribution in [0.5, 0.6) is 0 Å². The number of hydrogen-bond acceptors (Lipinski definition) is 6. The lowest BCUT2D eigenvalue weighted by Gasteiger charge is -2.15. The lowest BCUT2D eigenvalue weighted by atomic mass is 9.95. The monoisotopic (exact) mass is 310 g/mol. The fraction of sp³-hybridized carbons (Fsp3) is 0.235. The van der Waals surface area contributed by atoms with E-state index in [4.69, 9.17) is 5.41 Å². The summed E-state index contributed by atoms with van der Waals surface area (Å²) in [6, 6.07) is 3.66. The molecule has 0 aliphatic carbocycles. The van der Waals surface area contributed by atoms with Crippen LogP contribution >= 0.6 is 0 Å². The topological polar surface area (TPSA) is 95.8 Å². The van der Waals surface area contributed by atoms with Crippen molar-refractivity contribution in [3.8, 4) is 11.1 Å². The van der Waals surface area contributed by atoms with E-state index in [-0.39, 0.29) is 18.0 Å². The molecule has 6 nitrogen and oxygen atoms in total. The summed E-state index contributed by atoms with van der Waals surface area (Å²) in [5.74, 6) is 0.335. The molecule has 1 aromatic heterocycles. The third-order valence-corrected chi connectivity index (χ3v) is 3.43. The summed E-state index contributed by atoms with van der Waals surface area (Å²) in [6.45, 7) is 5.13. The molecular weight excluding hydrogens is 292 g/mol. The third kappa shape index (κ3) is 3.66. The number of carbonyl (C=O) groups is 2. The number of benzene rings is 1. The van der Waals surface area contributed by atoms with E-state index in [0.29, 0.717) is 17.1 Å². The van der Waals surface area contributed by atoms with Gasteiger partial charge < -0.3 is 10.1 Å². The number of aryl methyl sites for hydroxylation is 2. The van der Waals surface area contributed by atoms with Crippen molar-refractivity contribution in [2.75, 3.05) is 11.9 Å². The molecule has 0 unspecified atom stereocenters. The highest BCUT2D eigenvalue weighted by Crippen LogP contribution is 2.29. The summed E-state index contributed by atoms with van der Waals surface area (Å²) in [4.78, 5) is 30.6. The average Bonchev–Trinajstić information content (AvgIpc) is 2.53. The number of rotatable bonds is 6. The second-order valence-electron chi connectivity index (χ2n) is 5.21. The van der Waals surface area contributed by atoms with E-state index in [1.165, 1.54) is 6.92 Å². The van der Waals surface area contributed by atoms with Crippen LogP contribution < -0.4 is 5.32 Å². The van der Waals surface area contributed by atoms with Crippen molar-refractivity contribution in [1.29, 1.82) is 5.41 Å². The van der Waals surface area contributed by atoms with Crippen molar-refractivity contribution in [1.82, 2.24) is 9.97 Å². The number of aromatic nitrogens is 2. The fourth-order valence-electron chi connectivity index (χ4n) is 2.26. The predicted octanol–water partition coefficient (Wildman–Crippen LogP) is 2.33. The Morgan fingerprint density at radius 3 is 2.43 bits per heavy atom. The molecule has 6 heteroatoms. The van der Waals surface area contributed by atoms with Gasteiger partial charge >= 0.3 is 0 Å². The highest BCUT2D eigenvalue weighted by molar-refractivity contribution is 6.45. The zero-order chi connectivity index (χ0) is 17.0. The Bertz CT molecular complexity index is 767. The van der Waals surface area contributed by atoms with Gasteiger partial charge in [-0.1, -0.05) is 0 Å². The van der Waals surface area contributed by atoms with Crippen LogP contribution in [0.4, 0.5) is 5.69 Å². The number of nitrogens with zero attached hydrogens (tertiary/aromatic N) is 2. The molecule has 0 fully saturated rings. The molecule has 0 aliphatic rings. The minimum Gasteiger partial charge on any atom is -0.377 e. The number of ketones is 1. The van der Waals surface area contributed by atoms with Crippen LogP contribution in [-0.2, 0) is 9.59 Å². The van der Waals surface area contributed by atoms with E-state index in [1.807, 2.05) is 13.0 Å². The Hall–Kier alpha value is -2.89. The van der Waals surface area contributed by atoms with Gasteiger partial charge in [0.1, 0.15) is 17.8 Å². The number of nitrogens with one attached hydrogen (secondary N) is 2. The molecule has 0 bridgehead atoms. The van der Waals surface area contributed by atoms with Crippen molar-refractivity contribution in [2.45, 2.75) is 20.8 Å². The molecule has 0 saturated heterocycles. The van der Waals surface area contributed by atoms with E-state index in [1.54, 1.807) is 25.4 Å². The first kappa shape index (κ1) is 16.5. The average molecular weight is 310 g/mol. The lowest BCUT2D eigenvalue weighted by Crippen LogP contribution is -2.15. The van der Waals surface area contributed by atoms with Crippen LogP contribution in [0.2, 0.25) is 0 Å². The molecule has 1 aromatic carbocycles. The van der Waals surface area contributed by atoms with Gasteiger partial charge in [-0.3, -0.25) is 10.2 Å². The van der Waals surface area contributed by atoms with Crippen LogP contribution in [0.15, 0.2) is 24.5 Å². The van der Waals surface area contributed by atoms with Crippen molar-refractivity contribution in [2.24, 2.45) is 0 Å². The lowest BCUT2D eigenvalue weighted by molar-refractivity contribution is -0.111. The molecule has 2 N–H and O–H groups in total. The quantitative estimate of drug-likeness (QED) is 0.630. The van der Waals surface area contributed by atoms with Crippen molar-refractivity contribution in [3.05, 3.63) is 41.5 Å². The van der Waals surface area contributed by atoms with E-state index in [0.717, 1.165) is 23.0 Å². The van der Waals surface area contributed by atoms with Crippen LogP contribution in [0.25, 0.3) is 11.1 Å². The van der Waals surface area contributed by atoms with E-state index in [9.17, 15) is 9.59 Å². The molecule has 0 radical (unpaired) electrons. The standard InChI is InChI=1S/C17H18N4O2/c1-10-6-13(14-8-20-12(3)21-9-14)7-15(16(18)11(2)23)17(10)19-4-5-22/h5-9,18-19H,4H2,1-3H3. The highest BCUT2D eigenvalue weighted by atomic mass is 16.1. The number of hydrogen-bond donors (Lipinski definition) is 2. The minimum atomic E-state index is -0.337. The van der Waals surface area contributed by atoms with E-state index >= 15 is 0 Å².